The number of hydrogen-bond donors (Lipinski definition) is 1. The van der Waals surface area contributed by atoms with Gasteiger partial charge in [-0.05, 0) is 37.0 Å². The highest BCUT2D eigenvalue weighted by Crippen LogP contribution is 2.51. The number of carboxylic acids is 1. The Labute approximate surface area is 121 Å². The van der Waals surface area contributed by atoms with Gasteiger partial charge in [-0.1, -0.05) is 0 Å². The number of carbonyl (C=O) groups excluding carboxylic acids is 1. The van der Waals surface area contributed by atoms with Gasteiger partial charge >= 0.3 is 11.9 Å². The van der Waals surface area contributed by atoms with E-state index < -0.39 is 5.97 Å². The first kappa shape index (κ1) is 15.0. The Kier molecular flexibility index (Phi) is 4.42. The molecule has 5 nitrogen and oxygen atoms in total. The van der Waals surface area contributed by atoms with Crippen molar-refractivity contribution >= 4 is 23.7 Å². The molecule has 1 heterocycles. The zero-order valence-corrected chi connectivity index (χ0v) is 12.4. The van der Waals surface area contributed by atoms with Crippen LogP contribution in [0.1, 0.15) is 41.1 Å². The largest absolute Gasteiger partial charge is 0.475 e. The van der Waals surface area contributed by atoms with Crippen LogP contribution in [-0.4, -0.2) is 29.9 Å². The molecule has 110 valence electrons. The zero-order valence-electron chi connectivity index (χ0n) is 11.6. The summed E-state index contributed by atoms with van der Waals surface area (Å²) in [6.45, 7) is 1.77. The Hall–Kier alpha value is -1.43. The van der Waals surface area contributed by atoms with E-state index >= 15 is 0 Å². The molecule has 0 bridgehead atoms. The van der Waals surface area contributed by atoms with Crippen molar-refractivity contribution in [2.45, 2.75) is 31.9 Å². The minimum Gasteiger partial charge on any atom is -0.475 e. The lowest BCUT2D eigenvalue weighted by Crippen LogP contribution is -2.13. The summed E-state index contributed by atoms with van der Waals surface area (Å²) in [5, 5.41) is 8.86. The molecule has 0 aliphatic heterocycles. The number of thioether (sulfide) groups is 1. The second kappa shape index (κ2) is 5.91. The molecular weight excluding hydrogens is 280 g/mol. The fourth-order valence-electron chi connectivity index (χ4n) is 2.07. The molecule has 0 unspecified atom stereocenters. The van der Waals surface area contributed by atoms with Crippen molar-refractivity contribution in [3.8, 4) is 0 Å². The predicted molar refractivity (Wildman–Crippen MR) is 74.9 cm³/mol. The van der Waals surface area contributed by atoms with Crippen LogP contribution in [0.3, 0.4) is 0 Å². The average molecular weight is 298 g/mol. The van der Waals surface area contributed by atoms with Gasteiger partial charge in [0.05, 0.1) is 13.5 Å². The highest BCUT2D eigenvalue weighted by Gasteiger charge is 2.44. The van der Waals surface area contributed by atoms with Crippen molar-refractivity contribution in [3.05, 3.63) is 23.2 Å². The van der Waals surface area contributed by atoms with Gasteiger partial charge in [0, 0.05) is 11.3 Å². The Morgan fingerprint density at radius 1 is 1.50 bits per heavy atom. The van der Waals surface area contributed by atoms with Crippen molar-refractivity contribution in [2.24, 2.45) is 5.41 Å². The molecule has 6 heteroatoms. The number of methoxy groups -OCH3 is 1. The van der Waals surface area contributed by atoms with Crippen LogP contribution in [-0.2, 0) is 15.3 Å². The standard InChI is InChI=1S/C14H18O5S/c1-9-10(5-11(19-9)13(16)17)7-20-8-14(3-4-14)6-12(15)18-2/h5H,3-4,6-8H2,1-2H3,(H,16,17). The van der Waals surface area contributed by atoms with Crippen LogP contribution in [0, 0.1) is 12.3 Å². The van der Waals surface area contributed by atoms with Crippen LogP contribution >= 0.6 is 11.8 Å². The molecule has 1 N–H and O–H groups in total. The van der Waals surface area contributed by atoms with Crippen molar-refractivity contribution < 1.29 is 23.8 Å². The lowest BCUT2D eigenvalue weighted by Gasteiger charge is -2.12. The number of carbonyl (C=O) groups is 2. The summed E-state index contributed by atoms with van der Waals surface area (Å²) < 4.78 is 9.88. The molecule has 1 aliphatic rings. The van der Waals surface area contributed by atoms with Gasteiger partial charge in [0.25, 0.3) is 0 Å². The van der Waals surface area contributed by atoms with Crippen LogP contribution in [0.4, 0.5) is 0 Å². The Morgan fingerprint density at radius 2 is 2.20 bits per heavy atom. The van der Waals surface area contributed by atoms with Crippen molar-refractivity contribution in [2.75, 3.05) is 12.9 Å². The third kappa shape index (κ3) is 3.56. The molecule has 1 aromatic rings. The molecule has 1 aliphatic carbocycles. The minimum absolute atomic E-state index is 0.0196. The monoisotopic (exact) mass is 298 g/mol. The van der Waals surface area contributed by atoms with Gasteiger partial charge in [0.1, 0.15) is 5.76 Å². The Morgan fingerprint density at radius 3 is 2.70 bits per heavy atom. The summed E-state index contributed by atoms with van der Waals surface area (Å²) >= 11 is 1.71. The van der Waals surface area contributed by atoms with Crippen molar-refractivity contribution in [1.29, 1.82) is 0 Å². The smallest absolute Gasteiger partial charge is 0.371 e. The number of ether oxygens (including phenoxy) is 1. The molecule has 0 saturated heterocycles. The molecular formula is C14H18O5S. The van der Waals surface area contributed by atoms with Gasteiger partial charge in [0.2, 0.25) is 5.76 Å². The number of furan rings is 1. The van der Waals surface area contributed by atoms with Crippen LogP contribution in [0.2, 0.25) is 0 Å². The summed E-state index contributed by atoms with van der Waals surface area (Å²) in [4.78, 5) is 22.1. The van der Waals surface area contributed by atoms with E-state index in [1.807, 2.05) is 0 Å². The second-order valence-corrected chi connectivity index (χ2v) is 6.23. The molecule has 1 fully saturated rings. The number of hydrogen-bond acceptors (Lipinski definition) is 5. The normalized spacial score (nSPS) is 15.9. The highest BCUT2D eigenvalue weighted by atomic mass is 32.2. The van der Waals surface area contributed by atoms with Gasteiger partial charge in [0.15, 0.2) is 0 Å². The third-order valence-electron chi connectivity index (χ3n) is 3.60. The van der Waals surface area contributed by atoms with E-state index in [-0.39, 0.29) is 17.1 Å². The van der Waals surface area contributed by atoms with Gasteiger partial charge in [-0.3, -0.25) is 4.79 Å². The Balaban J connectivity index is 1.84. The van der Waals surface area contributed by atoms with Crippen LogP contribution in [0.5, 0.6) is 0 Å². The maximum atomic E-state index is 11.3. The van der Waals surface area contributed by atoms with Crippen molar-refractivity contribution in [3.63, 3.8) is 0 Å². The lowest BCUT2D eigenvalue weighted by atomic mass is 10.1. The van der Waals surface area contributed by atoms with Crippen LogP contribution in [0.25, 0.3) is 0 Å². The quantitative estimate of drug-likeness (QED) is 0.780. The molecule has 2 rings (SSSR count). The summed E-state index contributed by atoms with van der Waals surface area (Å²) in [5.74, 6) is 1.01. The lowest BCUT2D eigenvalue weighted by molar-refractivity contribution is -0.141. The fraction of sp³-hybridized carbons (Fsp3) is 0.571. The third-order valence-corrected chi connectivity index (χ3v) is 4.93. The molecule has 20 heavy (non-hydrogen) atoms. The first-order valence-electron chi connectivity index (χ1n) is 6.43. The van der Waals surface area contributed by atoms with Gasteiger partial charge in [-0.15, -0.1) is 0 Å². The van der Waals surface area contributed by atoms with Crippen LogP contribution < -0.4 is 0 Å². The molecule has 1 saturated carbocycles. The molecule has 0 atom stereocenters. The average Bonchev–Trinajstić information content (AvgIpc) is 3.05. The van der Waals surface area contributed by atoms with E-state index in [0.717, 1.165) is 24.2 Å². The summed E-state index contributed by atoms with van der Waals surface area (Å²) in [7, 11) is 1.41. The summed E-state index contributed by atoms with van der Waals surface area (Å²) in [6, 6.07) is 1.57. The number of esters is 1. The van der Waals surface area contributed by atoms with Gasteiger partial charge in [-0.25, -0.2) is 4.79 Å². The van der Waals surface area contributed by atoms with Gasteiger partial charge in [-0.2, -0.15) is 11.8 Å². The van der Waals surface area contributed by atoms with E-state index in [1.54, 1.807) is 24.8 Å². The summed E-state index contributed by atoms with van der Waals surface area (Å²) in [5.41, 5.74) is 0.992. The SMILES string of the molecule is COC(=O)CC1(CSCc2cc(C(=O)O)oc2C)CC1. The minimum atomic E-state index is -1.05. The molecule has 0 spiro atoms. The van der Waals surface area contributed by atoms with Crippen LogP contribution in [0.15, 0.2) is 10.5 Å². The van der Waals surface area contributed by atoms with E-state index in [1.165, 1.54) is 7.11 Å². The first-order valence-corrected chi connectivity index (χ1v) is 7.58. The van der Waals surface area contributed by atoms with E-state index in [9.17, 15) is 9.59 Å². The zero-order chi connectivity index (χ0) is 14.8. The number of aromatic carboxylic acids is 1. The van der Waals surface area contributed by atoms with E-state index in [4.69, 9.17) is 14.3 Å². The molecule has 0 amide bonds. The van der Waals surface area contributed by atoms with E-state index in [2.05, 4.69) is 0 Å². The number of rotatable bonds is 7. The molecule has 1 aromatic heterocycles. The van der Waals surface area contributed by atoms with E-state index in [0.29, 0.717) is 17.9 Å². The second-order valence-electron chi connectivity index (χ2n) is 5.24. The number of aryl methyl sites for hydroxylation is 1. The Bertz CT molecular complexity index is 516. The molecule has 0 aromatic carbocycles. The maximum absolute atomic E-state index is 11.3. The highest BCUT2D eigenvalue weighted by molar-refractivity contribution is 7.98. The molecule has 0 radical (unpaired) electrons. The summed E-state index contributed by atoms with van der Waals surface area (Å²) in [6.07, 6.45) is 2.58. The first-order chi connectivity index (χ1) is 9.46. The topological polar surface area (TPSA) is 76.7 Å². The predicted octanol–water partition coefficient (Wildman–Crippen LogP) is 2.86. The van der Waals surface area contributed by atoms with Gasteiger partial charge < -0.3 is 14.3 Å². The number of carboxylic acid groups (broad SMARTS) is 1. The van der Waals surface area contributed by atoms with Crippen molar-refractivity contribution in [1.82, 2.24) is 0 Å². The fourth-order valence-corrected chi connectivity index (χ4v) is 3.51. The maximum Gasteiger partial charge on any atom is 0.371 e.